The molecule has 2 aromatic heterocycles. The predicted octanol–water partition coefficient (Wildman–Crippen LogP) is 2.20. The Labute approximate surface area is 284 Å². The number of esters is 1. The van der Waals surface area contributed by atoms with Crippen molar-refractivity contribution in [3.05, 3.63) is 34.9 Å². The minimum Gasteiger partial charge on any atom is -0.497 e. The number of halogens is 4. The third-order valence-electron chi connectivity index (χ3n) is 6.48. The first-order valence-corrected chi connectivity index (χ1v) is 14.9. The first-order chi connectivity index (χ1) is 22.7. The van der Waals surface area contributed by atoms with Crippen molar-refractivity contribution in [2.24, 2.45) is 0 Å². The van der Waals surface area contributed by atoms with Crippen LogP contribution in [0.3, 0.4) is 0 Å². The van der Waals surface area contributed by atoms with E-state index in [0.29, 0.717) is 25.2 Å². The summed E-state index contributed by atoms with van der Waals surface area (Å²) in [6.45, 7) is 8.30. The molecule has 0 radical (unpaired) electrons. The summed E-state index contributed by atoms with van der Waals surface area (Å²) in [6, 6.07) is 5.52. The van der Waals surface area contributed by atoms with Gasteiger partial charge in [0.1, 0.15) is 17.9 Å². The summed E-state index contributed by atoms with van der Waals surface area (Å²) in [5, 5.41) is 5.31. The van der Waals surface area contributed by atoms with Crippen LogP contribution in [0.4, 0.5) is 29.6 Å². The molecular weight excluding hydrogens is 679 g/mol. The maximum Gasteiger partial charge on any atom is 0.490 e. The van der Waals surface area contributed by atoms with Crippen LogP contribution in [0.2, 0.25) is 5.15 Å². The Morgan fingerprint density at radius 3 is 2.24 bits per heavy atom. The molecule has 20 heteroatoms. The van der Waals surface area contributed by atoms with Gasteiger partial charge in [0.2, 0.25) is 0 Å². The zero-order chi connectivity index (χ0) is 37.3. The lowest BCUT2D eigenvalue weighted by Crippen LogP contribution is -2.48. The van der Waals surface area contributed by atoms with Gasteiger partial charge in [-0.05, 0) is 39.8 Å². The van der Waals surface area contributed by atoms with Crippen molar-refractivity contribution in [2.75, 3.05) is 45.8 Å². The maximum absolute atomic E-state index is 13.3. The van der Waals surface area contributed by atoms with E-state index in [9.17, 15) is 32.3 Å². The number of carbonyl (C=O) groups is 4. The highest BCUT2D eigenvalue weighted by Crippen LogP contribution is 2.22. The van der Waals surface area contributed by atoms with Gasteiger partial charge in [-0.3, -0.25) is 9.59 Å². The van der Waals surface area contributed by atoms with Gasteiger partial charge >= 0.3 is 18.2 Å². The number of fused-ring (bicyclic) bond motifs is 1. The van der Waals surface area contributed by atoms with Crippen molar-refractivity contribution < 1.29 is 51.1 Å². The topological polar surface area (TPSA) is 210 Å². The van der Waals surface area contributed by atoms with E-state index in [4.69, 9.17) is 32.5 Å². The lowest BCUT2D eigenvalue weighted by atomic mass is 10.2. The molecule has 0 saturated carbocycles. The van der Waals surface area contributed by atoms with Crippen molar-refractivity contribution in [3.8, 4) is 5.75 Å². The third-order valence-corrected chi connectivity index (χ3v) is 6.76. The number of nitrogen functional groups attached to an aromatic ring is 2. The number of anilines is 2. The van der Waals surface area contributed by atoms with Crippen LogP contribution in [0.15, 0.2) is 18.2 Å². The second-order valence-corrected chi connectivity index (χ2v) is 11.5. The predicted molar refractivity (Wildman–Crippen MR) is 171 cm³/mol. The molecule has 0 unspecified atom stereocenters. The lowest BCUT2D eigenvalue weighted by Gasteiger charge is -2.21. The standard InChI is InChI=1S/C26H36ClN9O5.C3H3F3O2/c1-7-35-17-12-15(40-6)8-9-16(17)36(14-19(37)34(5)11-10-30-25(39)41-26(2,3)4)18(35)13-31-24(38)20-22(28)33-23(29)21(27)32-20;1-8-2(7)3(4,5)6/h8-9,12H,7,10-11,13-14H2,1-6H3,(H5-,28,29,30,31,33,38,39);1H3/p+1. The molecule has 1 aromatic carbocycles. The van der Waals surface area contributed by atoms with Crippen LogP contribution in [0.5, 0.6) is 5.75 Å². The minimum absolute atomic E-state index is 0.0282. The molecule has 0 aliphatic heterocycles. The number of imidazole rings is 1. The van der Waals surface area contributed by atoms with Crippen molar-refractivity contribution in [3.63, 3.8) is 0 Å². The summed E-state index contributed by atoms with van der Waals surface area (Å²) in [4.78, 5) is 57.0. The number of likely N-dealkylation sites (N-methyl/N-ethyl adjacent to an activating group) is 1. The molecule has 2 heterocycles. The van der Waals surface area contributed by atoms with Gasteiger partial charge in [-0.2, -0.15) is 13.2 Å². The molecule has 0 aliphatic carbocycles. The third kappa shape index (κ3) is 11.3. The average Bonchev–Trinajstić information content (AvgIpc) is 3.30. The number of alkyl halides is 3. The van der Waals surface area contributed by atoms with Gasteiger partial charge in [-0.15, -0.1) is 0 Å². The van der Waals surface area contributed by atoms with Crippen LogP contribution in [-0.2, 0) is 38.7 Å². The number of methoxy groups -OCH3 is 2. The molecule has 3 aromatic rings. The Morgan fingerprint density at radius 1 is 1.06 bits per heavy atom. The first-order valence-electron chi connectivity index (χ1n) is 14.6. The van der Waals surface area contributed by atoms with E-state index >= 15 is 0 Å². The minimum atomic E-state index is -4.85. The zero-order valence-electron chi connectivity index (χ0n) is 28.0. The second-order valence-electron chi connectivity index (χ2n) is 11.2. The first kappa shape index (κ1) is 40.1. The smallest absolute Gasteiger partial charge is 0.490 e. The summed E-state index contributed by atoms with van der Waals surface area (Å²) < 4.78 is 50.7. The number of carbonyl (C=O) groups excluding carboxylic acids is 4. The van der Waals surface area contributed by atoms with E-state index < -0.39 is 29.7 Å². The Bertz CT molecular complexity index is 1680. The number of alkyl carbamates (subject to hydrolysis) is 1. The Morgan fingerprint density at radius 2 is 1.71 bits per heavy atom. The Balaban J connectivity index is 0.000000924. The molecule has 0 aliphatic rings. The van der Waals surface area contributed by atoms with Crippen LogP contribution >= 0.6 is 11.6 Å². The molecule has 0 atom stereocenters. The number of hydrogen-bond acceptors (Lipinski definition) is 11. The fourth-order valence-electron chi connectivity index (χ4n) is 4.21. The van der Waals surface area contributed by atoms with Crippen molar-refractivity contribution >= 4 is 58.1 Å². The van der Waals surface area contributed by atoms with Gasteiger partial charge in [0.05, 0.1) is 20.8 Å². The number of hydrogen-bond donors (Lipinski definition) is 4. The van der Waals surface area contributed by atoms with Gasteiger partial charge in [0.25, 0.3) is 17.6 Å². The van der Waals surface area contributed by atoms with Crippen molar-refractivity contribution in [2.45, 2.75) is 59.1 Å². The van der Waals surface area contributed by atoms with Gasteiger partial charge in [-0.1, -0.05) is 11.6 Å². The number of aryl methyl sites for hydroxylation is 1. The van der Waals surface area contributed by atoms with Crippen LogP contribution < -0.4 is 31.4 Å². The van der Waals surface area contributed by atoms with E-state index in [1.165, 1.54) is 4.90 Å². The molecule has 0 saturated heterocycles. The summed E-state index contributed by atoms with van der Waals surface area (Å²) in [7, 11) is 3.90. The zero-order valence-corrected chi connectivity index (χ0v) is 28.8. The van der Waals surface area contributed by atoms with Gasteiger partial charge in [-0.25, -0.2) is 28.7 Å². The van der Waals surface area contributed by atoms with Gasteiger partial charge in [0, 0.05) is 26.2 Å². The van der Waals surface area contributed by atoms with Crippen LogP contribution in [-0.4, -0.2) is 89.4 Å². The fraction of sp³-hybridized carbons (Fsp3) is 0.483. The number of aromatic nitrogens is 4. The van der Waals surface area contributed by atoms with E-state index in [1.54, 1.807) is 41.0 Å². The summed E-state index contributed by atoms with van der Waals surface area (Å²) >= 11 is 5.94. The second kappa shape index (κ2) is 16.8. The molecule has 16 nitrogen and oxygen atoms in total. The Kier molecular flexibility index (Phi) is 13.8. The van der Waals surface area contributed by atoms with Crippen LogP contribution in [0.1, 0.15) is 44.0 Å². The van der Waals surface area contributed by atoms with Crippen molar-refractivity contribution in [1.82, 2.24) is 30.1 Å². The summed E-state index contributed by atoms with van der Waals surface area (Å²) in [6.07, 6.45) is -5.41. The monoisotopic (exact) mass is 718 g/mol. The van der Waals surface area contributed by atoms with Gasteiger partial charge in [0.15, 0.2) is 40.1 Å². The lowest BCUT2D eigenvalue weighted by molar-refractivity contribution is -0.668. The Hall–Kier alpha value is -5.07. The van der Waals surface area contributed by atoms with E-state index in [2.05, 4.69) is 25.3 Å². The van der Waals surface area contributed by atoms with Crippen LogP contribution in [0.25, 0.3) is 11.0 Å². The van der Waals surface area contributed by atoms with Crippen LogP contribution in [0, 0.1) is 0 Å². The number of nitrogens with two attached hydrogens (primary N) is 2. The fourth-order valence-corrected chi connectivity index (χ4v) is 4.33. The highest BCUT2D eigenvalue weighted by Gasteiger charge is 2.40. The quantitative estimate of drug-likeness (QED) is 0.176. The largest absolute Gasteiger partial charge is 0.497 e. The molecule has 49 heavy (non-hydrogen) atoms. The number of ether oxygens (including phenoxy) is 3. The molecule has 3 rings (SSSR count). The molecule has 6 N–H and O–H groups in total. The molecule has 0 bridgehead atoms. The summed E-state index contributed by atoms with van der Waals surface area (Å²) in [5.41, 5.74) is 12.3. The molecule has 0 spiro atoms. The highest BCUT2D eigenvalue weighted by atomic mass is 35.5. The normalized spacial score (nSPS) is 11.2. The molecule has 270 valence electrons. The maximum atomic E-state index is 13.3. The van der Waals surface area contributed by atoms with E-state index in [0.717, 1.165) is 11.0 Å². The average molecular weight is 719 g/mol. The number of amides is 3. The number of rotatable bonds is 10. The van der Waals surface area contributed by atoms with Gasteiger partial charge < -0.3 is 41.2 Å². The van der Waals surface area contributed by atoms with Crippen molar-refractivity contribution in [1.29, 1.82) is 0 Å². The highest BCUT2D eigenvalue weighted by molar-refractivity contribution is 6.31. The molecular formula is C29H40ClF3N9O7+. The molecule has 0 fully saturated rings. The SMILES string of the molecule is CCn1c(CNC(=O)c2nc(Cl)c(N)nc2N)[n+](CC(=O)N(C)CCNC(=O)OC(C)(C)C)c2ccc(OC)cc21.COC(=O)C(F)(F)F. The number of nitrogens with zero attached hydrogens (tertiary/aromatic N) is 5. The summed E-state index contributed by atoms with van der Waals surface area (Å²) in [5.74, 6) is -1.94. The van der Waals surface area contributed by atoms with E-state index in [-0.39, 0.29) is 54.6 Å². The molecule has 3 amide bonds. The van der Waals surface area contributed by atoms with E-state index in [1.807, 2.05) is 28.2 Å². The number of benzene rings is 1. The number of nitrogens with one attached hydrogen (secondary N) is 2.